The summed E-state index contributed by atoms with van der Waals surface area (Å²) in [6.07, 6.45) is 2.62. The van der Waals surface area contributed by atoms with E-state index in [4.69, 9.17) is 5.84 Å². The lowest BCUT2D eigenvalue weighted by atomic mass is 9.98. The number of hydrogen-bond acceptors (Lipinski definition) is 4. The van der Waals surface area contributed by atoms with Gasteiger partial charge in [0.15, 0.2) is 0 Å². The van der Waals surface area contributed by atoms with E-state index in [2.05, 4.69) is 22.3 Å². The fraction of sp³-hybridized carbons (Fsp3) is 0.562. The molecule has 1 aliphatic heterocycles. The van der Waals surface area contributed by atoms with Gasteiger partial charge in [0.2, 0.25) is 5.91 Å². The van der Waals surface area contributed by atoms with Crippen molar-refractivity contribution in [1.82, 2.24) is 15.2 Å². The predicted molar refractivity (Wildman–Crippen MR) is 84.7 cm³/mol. The maximum absolute atomic E-state index is 12.0. The second kappa shape index (κ2) is 8.12. The first-order valence-corrected chi connectivity index (χ1v) is 7.67. The molecule has 0 spiro atoms. The number of benzene rings is 1. The van der Waals surface area contributed by atoms with Crippen LogP contribution in [0.4, 0.5) is 0 Å². The molecular weight excluding hydrogens is 264 g/mol. The van der Waals surface area contributed by atoms with Gasteiger partial charge in [-0.1, -0.05) is 30.3 Å². The van der Waals surface area contributed by atoms with Crippen LogP contribution >= 0.6 is 0 Å². The molecule has 21 heavy (non-hydrogen) atoms. The van der Waals surface area contributed by atoms with Crippen LogP contribution in [0.15, 0.2) is 30.3 Å². The van der Waals surface area contributed by atoms with E-state index in [1.165, 1.54) is 25.9 Å². The highest BCUT2D eigenvalue weighted by Gasteiger charge is 2.22. The predicted octanol–water partition coefficient (Wildman–Crippen LogP) is 0.788. The van der Waals surface area contributed by atoms with Gasteiger partial charge in [-0.2, -0.15) is 0 Å². The van der Waals surface area contributed by atoms with E-state index in [-0.39, 0.29) is 11.8 Å². The topological polar surface area (TPSA) is 61.6 Å². The van der Waals surface area contributed by atoms with Crippen molar-refractivity contribution in [2.45, 2.75) is 18.8 Å². The normalized spacial score (nSPS) is 17.1. The largest absolute Gasteiger partial charge is 0.304 e. The number of hydrogen-bond donors (Lipinski definition) is 2. The third-order valence-corrected chi connectivity index (χ3v) is 4.15. The monoisotopic (exact) mass is 290 g/mol. The van der Waals surface area contributed by atoms with Crippen molar-refractivity contribution in [3.63, 3.8) is 0 Å². The van der Waals surface area contributed by atoms with Crippen LogP contribution in [0.5, 0.6) is 0 Å². The number of rotatable bonds is 7. The van der Waals surface area contributed by atoms with E-state index in [9.17, 15) is 4.79 Å². The summed E-state index contributed by atoms with van der Waals surface area (Å²) < 4.78 is 0. The number of amides is 1. The molecule has 1 saturated heterocycles. The van der Waals surface area contributed by atoms with Gasteiger partial charge in [-0.05, 0) is 38.5 Å². The fourth-order valence-corrected chi connectivity index (χ4v) is 2.85. The lowest BCUT2D eigenvalue weighted by Gasteiger charge is -2.25. The summed E-state index contributed by atoms with van der Waals surface area (Å²) in [6, 6.07) is 9.83. The van der Waals surface area contributed by atoms with E-state index < -0.39 is 0 Å². The molecule has 1 aromatic rings. The highest BCUT2D eigenvalue weighted by Crippen LogP contribution is 2.17. The number of nitrogens with one attached hydrogen (secondary N) is 1. The van der Waals surface area contributed by atoms with Crippen molar-refractivity contribution >= 4 is 5.91 Å². The molecule has 5 heteroatoms. The van der Waals surface area contributed by atoms with E-state index in [1.54, 1.807) is 0 Å². The molecule has 1 fully saturated rings. The van der Waals surface area contributed by atoms with Gasteiger partial charge in [0.05, 0.1) is 5.92 Å². The number of nitrogens with two attached hydrogens (primary N) is 1. The Morgan fingerprint density at radius 2 is 2.00 bits per heavy atom. The average Bonchev–Trinajstić information content (AvgIpc) is 3.04. The maximum Gasteiger partial charge on any atom is 0.242 e. The van der Waals surface area contributed by atoms with Crippen molar-refractivity contribution in [3.8, 4) is 0 Å². The Labute approximate surface area is 127 Å². The number of carbonyl (C=O) groups excluding carboxylic acids is 1. The summed E-state index contributed by atoms with van der Waals surface area (Å²) in [6.45, 7) is 5.14. The van der Waals surface area contributed by atoms with E-state index in [1.807, 2.05) is 30.3 Å². The Bertz CT molecular complexity index is 431. The zero-order valence-electron chi connectivity index (χ0n) is 12.8. The molecule has 1 aliphatic rings. The molecule has 0 bridgehead atoms. The van der Waals surface area contributed by atoms with Gasteiger partial charge < -0.3 is 9.80 Å². The molecule has 1 heterocycles. The van der Waals surface area contributed by atoms with Crippen molar-refractivity contribution in [3.05, 3.63) is 35.9 Å². The fourth-order valence-electron chi connectivity index (χ4n) is 2.85. The first-order chi connectivity index (χ1) is 10.2. The van der Waals surface area contributed by atoms with Crippen LogP contribution in [0.2, 0.25) is 0 Å². The quantitative estimate of drug-likeness (QED) is 0.443. The number of likely N-dealkylation sites (N-methyl/N-ethyl adjacent to an activating group) is 1. The second-order valence-electron chi connectivity index (χ2n) is 5.78. The summed E-state index contributed by atoms with van der Waals surface area (Å²) >= 11 is 0. The molecule has 0 saturated carbocycles. The van der Waals surface area contributed by atoms with Crippen molar-refractivity contribution in [2.24, 2.45) is 5.84 Å². The smallest absolute Gasteiger partial charge is 0.242 e. The van der Waals surface area contributed by atoms with Gasteiger partial charge in [0.25, 0.3) is 0 Å². The van der Waals surface area contributed by atoms with Crippen molar-refractivity contribution < 1.29 is 4.79 Å². The summed E-state index contributed by atoms with van der Waals surface area (Å²) in [5, 5.41) is 0. The van der Waals surface area contributed by atoms with Crippen LogP contribution in [-0.4, -0.2) is 55.5 Å². The van der Waals surface area contributed by atoms with Crippen LogP contribution in [0.25, 0.3) is 0 Å². The van der Waals surface area contributed by atoms with Crippen LogP contribution in [0, 0.1) is 0 Å². The van der Waals surface area contributed by atoms with Crippen molar-refractivity contribution in [1.29, 1.82) is 0 Å². The molecule has 0 radical (unpaired) electrons. The van der Waals surface area contributed by atoms with Gasteiger partial charge in [-0.15, -0.1) is 0 Å². The first-order valence-electron chi connectivity index (χ1n) is 7.67. The van der Waals surface area contributed by atoms with Gasteiger partial charge >= 0.3 is 0 Å². The molecule has 0 aromatic heterocycles. The highest BCUT2D eigenvalue weighted by atomic mass is 16.2. The Kier molecular flexibility index (Phi) is 6.17. The Morgan fingerprint density at radius 3 is 2.62 bits per heavy atom. The van der Waals surface area contributed by atoms with Gasteiger partial charge in [-0.25, -0.2) is 5.84 Å². The molecular formula is C16H26N4O. The van der Waals surface area contributed by atoms with E-state index in [0.29, 0.717) is 6.54 Å². The summed E-state index contributed by atoms with van der Waals surface area (Å²) in [4.78, 5) is 16.7. The van der Waals surface area contributed by atoms with Gasteiger partial charge in [-0.3, -0.25) is 10.2 Å². The van der Waals surface area contributed by atoms with Crippen LogP contribution in [-0.2, 0) is 4.79 Å². The summed E-state index contributed by atoms with van der Waals surface area (Å²) in [5.41, 5.74) is 3.30. The summed E-state index contributed by atoms with van der Waals surface area (Å²) in [5.74, 6) is 4.98. The van der Waals surface area contributed by atoms with E-state index in [0.717, 1.165) is 18.7 Å². The third-order valence-electron chi connectivity index (χ3n) is 4.15. The zero-order valence-corrected chi connectivity index (χ0v) is 12.8. The molecule has 1 aromatic carbocycles. The molecule has 3 N–H and O–H groups in total. The minimum absolute atomic E-state index is 0.130. The maximum atomic E-state index is 12.0. The zero-order chi connectivity index (χ0) is 15.1. The third kappa shape index (κ3) is 4.81. The first kappa shape index (κ1) is 15.9. The average molecular weight is 290 g/mol. The molecule has 5 nitrogen and oxygen atoms in total. The van der Waals surface area contributed by atoms with Gasteiger partial charge in [0, 0.05) is 19.6 Å². The Morgan fingerprint density at radius 1 is 1.33 bits per heavy atom. The molecule has 116 valence electrons. The lowest BCUT2D eigenvalue weighted by molar-refractivity contribution is -0.123. The van der Waals surface area contributed by atoms with E-state index >= 15 is 0 Å². The lowest BCUT2D eigenvalue weighted by Crippen LogP contribution is -2.41. The van der Waals surface area contributed by atoms with Crippen LogP contribution in [0.3, 0.4) is 0 Å². The molecule has 1 atom stereocenters. The number of likely N-dealkylation sites (tertiary alicyclic amines) is 1. The Balaban J connectivity index is 1.90. The molecule has 2 rings (SSSR count). The van der Waals surface area contributed by atoms with Gasteiger partial charge in [0.1, 0.15) is 0 Å². The molecule has 1 amide bonds. The second-order valence-corrected chi connectivity index (χ2v) is 5.78. The number of hydrazine groups is 1. The molecule has 1 unspecified atom stereocenters. The standard InChI is InChI=1S/C16H26N4O/c1-19(11-12-20-9-5-6-10-20)13-15(16(21)18-17)14-7-3-2-4-8-14/h2-4,7-8,15H,5-6,9-13,17H2,1H3,(H,18,21). The Hall–Kier alpha value is -1.43. The number of carbonyl (C=O) groups is 1. The minimum Gasteiger partial charge on any atom is -0.304 e. The summed E-state index contributed by atoms with van der Waals surface area (Å²) in [7, 11) is 2.07. The van der Waals surface area contributed by atoms with Crippen LogP contribution in [0.1, 0.15) is 24.3 Å². The highest BCUT2D eigenvalue weighted by molar-refractivity contribution is 5.83. The number of nitrogens with zero attached hydrogens (tertiary/aromatic N) is 2. The SMILES string of the molecule is CN(CCN1CCCC1)CC(C(=O)NN)c1ccccc1. The minimum atomic E-state index is -0.222. The van der Waals surface area contributed by atoms with Crippen LogP contribution < -0.4 is 11.3 Å². The molecule has 0 aliphatic carbocycles. The van der Waals surface area contributed by atoms with Crippen molar-refractivity contribution in [2.75, 3.05) is 39.8 Å².